The number of nitrogens with two attached hydrogens (primary N) is 1. The smallest absolute Gasteiger partial charge is 0.0938 e. The minimum absolute atomic E-state index is 0.271. The van der Waals surface area contributed by atoms with Gasteiger partial charge in [0, 0.05) is 25.2 Å². The second-order valence-corrected chi connectivity index (χ2v) is 5.04. The first-order valence-electron chi connectivity index (χ1n) is 6.18. The highest BCUT2D eigenvalue weighted by Crippen LogP contribution is 2.46. The van der Waals surface area contributed by atoms with Crippen molar-refractivity contribution < 1.29 is 9.84 Å². The molecule has 2 rings (SSSR count). The fourth-order valence-corrected chi connectivity index (χ4v) is 2.72. The van der Waals surface area contributed by atoms with E-state index in [0.29, 0.717) is 19.8 Å². The molecular weight excluding hydrogens is 214 g/mol. The molecule has 3 heteroatoms. The topological polar surface area (TPSA) is 55.5 Å². The third-order valence-electron chi connectivity index (χ3n) is 4.21. The van der Waals surface area contributed by atoms with Crippen LogP contribution >= 0.6 is 0 Å². The molecular formula is C14H21NO2. The molecule has 0 bridgehead atoms. The molecule has 0 aromatic heterocycles. The number of rotatable bonds is 3. The van der Waals surface area contributed by atoms with Crippen LogP contribution in [0.5, 0.6) is 0 Å². The molecule has 1 aromatic rings. The molecule has 3 nitrogen and oxygen atoms in total. The van der Waals surface area contributed by atoms with Gasteiger partial charge >= 0.3 is 0 Å². The molecule has 1 aliphatic heterocycles. The maximum absolute atomic E-state index is 10.9. The van der Waals surface area contributed by atoms with E-state index in [9.17, 15) is 5.11 Å². The van der Waals surface area contributed by atoms with Crippen molar-refractivity contribution in [2.45, 2.75) is 25.4 Å². The lowest BCUT2D eigenvalue weighted by Crippen LogP contribution is -2.51. The van der Waals surface area contributed by atoms with E-state index in [1.165, 1.54) is 0 Å². The minimum atomic E-state index is -0.896. The summed E-state index contributed by atoms with van der Waals surface area (Å²) in [5, 5.41) is 10.9. The molecule has 0 spiro atoms. The predicted octanol–water partition coefficient (Wildman–Crippen LogP) is 1.65. The maximum atomic E-state index is 10.9. The fourth-order valence-electron chi connectivity index (χ4n) is 2.72. The normalized spacial score (nSPS) is 23.0. The van der Waals surface area contributed by atoms with E-state index >= 15 is 0 Å². The molecule has 0 aliphatic carbocycles. The van der Waals surface area contributed by atoms with Gasteiger partial charge in [0.2, 0.25) is 0 Å². The first-order chi connectivity index (χ1) is 8.12. The number of aliphatic hydroxyl groups is 1. The Labute approximate surface area is 103 Å². The van der Waals surface area contributed by atoms with E-state index in [1.807, 2.05) is 37.3 Å². The highest BCUT2D eigenvalue weighted by molar-refractivity contribution is 5.25. The Morgan fingerprint density at radius 3 is 2.41 bits per heavy atom. The predicted molar refractivity (Wildman–Crippen MR) is 67.6 cm³/mol. The zero-order valence-electron chi connectivity index (χ0n) is 10.4. The van der Waals surface area contributed by atoms with Crippen molar-refractivity contribution in [3.8, 4) is 0 Å². The lowest BCUT2D eigenvalue weighted by atomic mass is 9.65. The molecule has 1 fully saturated rings. The summed E-state index contributed by atoms with van der Waals surface area (Å²) in [5.41, 5.74) is 5.72. The lowest BCUT2D eigenvalue weighted by Gasteiger charge is -2.47. The summed E-state index contributed by atoms with van der Waals surface area (Å²) in [4.78, 5) is 0. The second-order valence-electron chi connectivity index (χ2n) is 5.04. The Hall–Kier alpha value is -0.900. The molecule has 1 aliphatic rings. The Bertz CT molecular complexity index is 356. The number of hydrogen-bond acceptors (Lipinski definition) is 3. The summed E-state index contributed by atoms with van der Waals surface area (Å²) < 4.78 is 5.39. The summed E-state index contributed by atoms with van der Waals surface area (Å²) >= 11 is 0. The van der Waals surface area contributed by atoms with Gasteiger partial charge in [0.05, 0.1) is 5.60 Å². The van der Waals surface area contributed by atoms with Gasteiger partial charge in [0.15, 0.2) is 0 Å². The van der Waals surface area contributed by atoms with E-state index in [4.69, 9.17) is 10.5 Å². The zero-order chi connectivity index (χ0) is 12.4. The first kappa shape index (κ1) is 12.6. The average molecular weight is 235 g/mol. The van der Waals surface area contributed by atoms with Crippen LogP contribution in [-0.2, 0) is 10.3 Å². The Morgan fingerprint density at radius 1 is 1.29 bits per heavy atom. The Morgan fingerprint density at radius 2 is 1.88 bits per heavy atom. The standard InChI is InChI=1S/C14H21NO2/c1-13(16,12-5-3-2-4-6-12)14(11-15)7-9-17-10-8-14/h2-6,16H,7-11,15H2,1H3. The Balaban J connectivity index is 2.35. The molecule has 94 valence electrons. The summed E-state index contributed by atoms with van der Waals surface area (Å²) in [7, 11) is 0. The van der Waals surface area contributed by atoms with Gasteiger partial charge in [-0.05, 0) is 25.3 Å². The van der Waals surface area contributed by atoms with Crippen molar-refractivity contribution in [3.63, 3.8) is 0 Å². The SMILES string of the molecule is CC(O)(c1ccccc1)C1(CN)CCOCC1. The lowest BCUT2D eigenvalue weighted by molar-refractivity contribution is -0.123. The maximum Gasteiger partial charge on any atom is 0.0938 e. The average Bonchev–Trinajstić information content (AvgIpc) is 2.40. The summed E-state index contributed by atoms with van der Waals surface area (Å²) in [6, 6.07) is 9.79. The van der Waals surface area contributed by atoms with Crippen molar-refractivity contribution in [2.24, 2.45) is 11.1 Å². The van der Waals surface area contributed by atoms with E-state index in [0.717, 1.165) is 18.4 Å². The second kappa shape index (κ2) is 4.77. The summed E-state index contributed by atoms with van der Waals surface area (Å²) in [6.07, 6.45) is 1.62. The van der Waals surface area contributed by atoms with Gasteiger partial charge in [-0.1, -0.05) is 30.3 Å². The van der Waals surface area contributed by atoms with Crippen LogP contribution in [0.4, 0.5) is 0 Å². The van der Waals surface area contributed by atoms with Gasteiger partial charge in [0.25, 0.3) is 0 Å². The van der Waals surface area contributed by atoms with Crippen LogP contribution in [0.3, 0.4) is 0 Å². The highest BCUT2D eigenvalue weighted by Gasteiger charge is 2.47. The van der Waals surface area contributed by atoms with Crippen molar-refractivity contribution in [2.75, 3.05) is 19.8 Å². The van der Waals surface area contributed by atoms with E-state index < -0.39 is 5.60 Å². The molecule has 0 radical (unpaired) electrons. The quantitative estimate of drug-likeness (QED) is 0.837. The molecule has 1 heterocycles. The van der Waals surface area contributed by atoms with E-state index in [2.05, 4.69) is 0 Å². The number of benzene rings is 1. The molecule has 0 amide bonds. The largest absolute Gasteiger partial charge is 0.385 e. The van der Waals surface area contributed by atoms with Crippen LogP contribution in [-0.4, -0.2) is 24.9 Å². The van der Waals surface area contributed by atoms with Crippen LogP contribution in [0.25, 0.3) is 0 Å². The van der Waals surface area contributed by atoms with E-state index in [-0.39, 0.29) is 5.41 Å². The van der Waals surface area contributed by atoms with Gasteiger partial charge in [-0.15, -0.1) is 0 Å². The molecule has 1 aromatic carbocycles. The van der Waals surface area contributed by atoms with Crippen molar-refractivity contribution in [3.05, 3.63) is 35.9 Å². The van der Waals surface area contributed by atoms with Gasteiger partial charge in [-0.25, -0.2) is 0 Å². The molecule has 17 heavy (non-hydrogen) atoms. The van der Waals surface area contributed by atoms with Gasteiger partial charge in [-0.3, -0.25) is 0 Å². The van der Waals surface area contributed by atoms with Gasteiger partial charge in [0.1, 0.15) is 0 Å². The van der Waals surface area contributed by atoms with Crippen LogP contribution in [0.2, 0.25) is 0 Å². The van der Waals surface area contributed by atoms with Crippen LogP contribution in [0, 0.1) is 5.41 Å². The zero-order valence-corrected chi connectivity index (χ0v) is 10.4. The van der Waals surface area contributed by atoms with Crippen molar-refractivity contribution in [1.29, 1.82) is 0 Å². The molecule has 3 N–H and O–H groups in total. The number of hydrogen-bond donors (Lipinski definition) is 2. The monoisotopic (exact) mass is 235 g/mol. The third kappa shape index (κ3) is 2.10. The summed E-state index contributed by atoms with van der Waals surface area (Å²) in [5.74, 6) is 0. The number of ether oxygens (including phenoxy) is 1. The summed E-state index contributed by atoms with van der Waals surface area (Å²) in [6.45, 7) is 3.72. The van der Waals surface area contributed by atoms with Gasteiger partial charge in [-0.2, -0.15) is 0 Å². The molecule has 1 saturated heterocycles. The first-order valence-corrected chi connectivity index (χ1v) is 6.18. The van der Waals surface area contributed by atoms with Crippen LogP contribution < -0.4 is 5.73 Å². The minimum Gasteiger partial charge on any atom is -0.385 e. The molecule has 1 unspecified atom stereocenters. The third-order valence-corrected chi connectivity index (χ3v) is 4.21. The van der Waals surface area contributed by atoms with Gasteiger partial charge < -0.3 is 15.6 Å². The molecule has 0 saturated carbocycles. The van der Waals surface area contributed by atoms with Crippen molar-refractivity contribution in [1.82, 2.24) is 0 Å². The van der Waals surface area contributed by atoms with Crippen LogP contribution in [0.1, 0.15) is 25.3 Å². The van der Waals surface area contributed by atoms with Crippen LogP contribution in [0.15, 0.2) is 30.3 Å². The highest BCUT2D eigenvalue weighted by atomic mass is 16.5. The van der Waals surface area contributed by atoms with E-state index in [1.54, 1.807) is 0 Å². The molecule has 1 atom stereocenters. The van der Waals surface area contributed by atoms with Crippen molar-refractivity contribution >= 4 is 0 Å². The Kier molecular flexibility index (Phi) is 3.52. The fraction of sp³-hybridized carbons (Fsp3) is 0.571.